The van der Waals surface area contributed by atoms with Gasteiger partial charge in [0.15, 0.2) is 0 Å². The van der Waals surface area contributed by atoms with Crippen molar-refractivity contribution in [1.29, 1.82) is 0 Å². The van der Waals surface area contributed by atoms with Crippen LogP contribution in [0.3, 0.4) is 0 Å². The minimum Gasteiger partial charge on any atom is -0.481 e. The van der Waals surface area contributed by atoms with Gasteiger partial charge in [-0.2, -0.15) is 0 Å². The summed E-state index contributed by atoms with van der Waals surface area (Å²) >= 11 is 0. The van der Waals surface area contributed by atoms with Crippen LogP contribution in [0.15, 0.2) is 18.2 Å². The monoisotopic (exact) mass is 325 g/mol. The number of halogens is 2. The highest BCUT2D eigenvalue weighted by Crippen LogP contribution is 2.32. The lowest BCUT2D eigenvalue weighted by Crippen LogP contribution is -2.36. The lowest BCUT2D eigenvalue weighted by atomic mass is 9.94. The smallest absolute Gasteiger partial charge is 0.306 e. The van der Waals surface area contributed by atoms with Crippen LogP contribution in [0.4, 0.5) is 8.78 Å². The number of carbonyl (C=O) groups excluding carboxylic acids is 1. The normalized spacial score (nSPS) is 22.1. The number of nitrogens with one attached hydrogen (secondary N) is 1. The topological polar surface area (TPSA) is 66.4 Å². The van der Waals surface area contributed by atoms with Crippen LogP contribution in [0, 0.1) is 29.4 Å². The van der Waals surface area contributed by atoms with Crippen LogP contribution in [-0.4, -0.2) is 17.0 Å². The van der Waals surface area contributed by atoms with E-state index in [9.17, 15) is 18.4 Å². The zero-order valence-electron chi connectivity index (χ0n) is 13.2. The van der Waals surface area contributed by atoms with Crippen LogP contribution in [0.1, 0.15) is 44.7 Å². The van der Waals surface area contributed by atoms with Gasteiger partial charge in [-0.3, -0.25) is 9.59 Å². The fourth-order valence-corrected chi connectivity index (χ4v) is 3.07. The van der Waals surface area contributed by atoms with Gasteiger partial charge in [-0.25, -0.2) is 8.78 Å². The summed E-state index contributed by atoms with van der Waals surface area (Å²) < 4.78 is 27.0. The van der Waals surface area contributed by atoms with Gasteiger partial charge in [0.1, 0.15) is 11.6 Å². The molecule has 1 aliphatic rings. The van der Waals surface area contributed by atoms with E-state index in [1.54, 1.807) is 0 Å². The molecule has 0 bridgehead atoms. The van der Waals surface area contributed by atoms with Crippen molar-refractivity contribution in [2.45, 2.75) is 39.2 Å². The zero-order valence-corrected chi connectivity index (χ0v) is 13.2. The Kier molecular flexibility index (Phi) is 5.34. The summed E-state index contributed by atoms with van der Waals surface area (Å²) in [6.07, 6.45) is 1.29. The molecule has 2 rings (SSSR count). The van der Waals surface area contributed by atoms with Crippen molar-refractivity contribution in [2.75, 3.05) is 0 Å². The lowest BCUT2D eigenvalue weighted by molar-refractivity contribution is -0.141. The molecule has 1 aromatic carbocycles. The summed E-state index contributed by atoms with van der Waals surface area (Å²) in [5.74, 6) is -3.47. The summed E-state index contributed by atoms with van der Waals surface area (Å²) in [6, 6.07) is 2.72. The van der Waals surface area contributed by atoms with Gasteiger partial charge in [0.25, 0.3) is 0 Å². The number of aliphatic carboxylic acids is 1. The predicted octanol–water partition coefficient (Wildman–Crippen LogP) is 3.28. The standard InChI is InChI=1S/C17H21F2NO3/c1-9(2)15(13-6-5-12(18)8-14(13)19)20-16(21)10-3-4-11(7-10)17(22)23/h5-6,8-11,15H,3-4,7H2,1-2H3,(H,20,21)(H,22,23)/t10-,11+,15?/m1/s1. The van der Waals surface area contributed by atoms with E-state index in [1.165, 1.54) is 6.07 Å². The van der Waals surface area contributed by atoms with E-state index in [1.807, 2.05) is 13.8 Å². The fraction of sp³-hybridized carbons (Fsp3) is 0.529. The van der Waals surface area contributed by atoms with Crippen molar-refractivity contribution in [1.82, 2.24) is 5.32 Å². The van der Waals surface area contributed by atoms with Gasteiger partial charge in [-0.05, 0) is 31.2 Å². The second-order valence-electron chi connectivity index (χ2n) is 6.44. The maximum atomic E-state index is 14.0. The highest BCUT2D eigenvalue weighted by molar-refractivity contribution is 5.81. The second-order valence-corrected chi connectivity index (χ2v) is 6.44. The molecule has 4 nitrogen and oxygen atoms in total. The van der Waals surface area contributed by atoms with Crippen LogP contribution in [0.5, 0.6) is 0 Å². The Morgan fingerprint density at radius 2 is 1.87 bits per heavy atom. The largest absolute Gasteiger partial charge is 0.481 e. The van der Waals surface area contributed by atoms with Crippen LogP contribution in [0.2, 0.25) is 0 Å². The average Bonchev–Trinajstić information content (AvgIpc) is 2.95. The number of benzene rings is 1. The van der Waals surface area contributed by atoms with Crippen molar-refractivity contribution in [3.05, 3.63) is 35.4 Å². The molecule has 126 valence electrons. The van der Waals surface area contributed by atoms with E-state index >= 15 is 0 Å². The summed E-state index contributed by atoms with van der Waals surface area (Å²) in [4.78, 5) is 23.4. The zero-order chi connectivity index (χ0) is 17.1. The molecule has 23 heavy (non-hydrogen) atoms. The van der Waals surface area contributed by atoms with E-state index in [0.717, 1.165) is 12.1 Å². The molecule has 0 saturated heterocycles. The molecule has 3 atom stereocenters. The molecular weight excluding hydrogens is 304 g/mol. The van der Waals surface area contributed by atoms with Gasteiger partial charge < -0.3 is 10.4 Å². The molecule has 1 aliphatic carbocycles. The molecular formula is C17H21F2NO3. The Balaban J connectivity index is 2.11. The Morgan fingerprint density at radius 3 is 2.39 bits per heavy atom. The van der Waals surface area contributed by atoms with Crippen molar-refractivity contribution in [3.63, 3.8) is 0 Å². The first-order valence-electron chi connectivity index (χ1n) is 7.77. The maximum absolute atomic E-state index is 14.0. The number of carboxylic acids is 1. The average molecular weight is 325 g/mol. The first-order chi connectivity index (χ1) is 10.8. The Bertz CT molecular complexity index is 604. The Hall–Kier alpha value is -1.98. The Labute approximate surface area is 133 Å². The van der Waals surface area contributed by atoms with E-state index in [-0.39, 0.29) is 23.3 Å². The molecule has 2 N–H and O–H groups in total. The van der Waals surface area contributed by atoms with Crippen LogP contribution in [0.25, 0.3) is 0 Å². The molecule has 1 amide bonds. The van der Waals surface area contributed by atoms with E-state index < -0.39 is 29.6 Å². The number of hydrogen-bond donors (Lipinski definition) is 2. The first kappa shape index (κ1) is 17.4. The minimum atomic E-state index is -0.884. The molecule has 1 aromatic rings. The molecule has 6 heteroatoms. The SMILES string of the molecule is CC(C)C(NC(=O)[C@@H]1CC[C@H](C(=O)O)C1)c1ccc(F)cc1F. The predicted molar refractivity (Wildman–Crippen MR) is 80.5 cm³/mol. The van der Waals surface area contributed by atoms with E-state index in [2.05, 4.69) is 5.32 Å². The lowest BCUT2D eigenvalue weighted by Gasteiger charge is -2.25. The highest BCUT2D eigenvalue weighted by Gasteiger charge is 2.35. The third kappa shape index (κ3) is 4.06. The number of hydrogen-bond acceptors (Lipinski definition) is 2. The molecule has 0 spiro atoms. The molecule has 1 fully saturated rings. The summed E-state index contributed by atoms with van der Waals surface area (Å²) in [5, 5.41) is 11.8. The molecule has 0 heterocycles. The second kappa shape index (κ2) is 7.06. The molecule has 1 unspecified atom stereocenters. The van der Waals surface area contributed by atoms with Gasteiger partial charge in [-0.15, -0.1) is 0 Å². The molecule has 0 aromatic heterocycles. The maximum Gasteiger partial charge on any atom is 0.306 e. The summed E-state index contributed by atoms with van der Waals surface area (Å²) in [6.45, 7) is 3.67. The van der Waals surface area contributed by atoms with Gasteiger partial charge in [-0.1, -0.05) is 19.9 Å². The molecule has 0 radical (unpaired) electrons. The van der Waals surface area contributed by atoms with Gasteiger partial charge in [0, 0.05) is 17.5 Å². The fourth-order valence-electron chi connectivity index (χ4n) is 3.07. The van der Waals surface area contributed by atoms with Gasteiger partial charge in [0.05, 0.1) is 12.0 Å². The Morgan fingerprint density at radius 1 is 1.22 bits per heavy atom. The number of rotatable bonds is 5. The van der Waals surface area contributed by atoms with Crippen LogP contribution < -0.4 is 5.32 Å². The number of carboxylic acid groups (broad SMARTS) is 1. The highest BCUT2D eigenvalue weighted by atomic mass is 19.1. The van der Waals surface area contributed by atoms with Crippen LogP contribution in [-0.2, 0) is 9.59 Å². The van der Waals surface area contributed by atoms with Crippen molar-refractivity contribution in [2.24, 2.45) is 17.8 Å². The van der Waals surface area contributed by atoms with Gasteiger partial charge in [0.2, 0.25) is 5.91 Å². The molecule has 0 aliphatic heterocycles. The number of amides is 1. The number of carbonyl (C=O) groups is 2. The van der Waals surface area contributed by atoms with Crippen molar-refractivity contribution in [3.8, 4) is 0 Å². The van der Waals surface area contributed by atoms with Crippen molar-refractivity contribution < 1.29 is 23.5 Å². The summed E-state index contributed by atoms with van der Waals surface area (Å²) in [7, 11) is 0. The quantitative estimate of drug-likeness (QED) is 0.873. The third-order valence-electron chi connectivity index (χ3n) is 4.41. The third-order valence-corrected chi connectivity index (χ3v) is 4.41. The summed E-state index contributed by atoms with van der Waals surface area (Å²) in [5.41, 5.74) is 0.238. The van der Waals surface area contributed by atoms with E-state index in [0.29, 0.717) is 19.3 Å². The van der Waals surface area contributed by atoms with Gasteiger partial charge >= 0.3 is 5.97 Å². The van der Waals surface area contributed by atoms with E-state index in [4.69, 9.17) is 5.11 Å². The van der Waals surface area contributed by atoms with Crippen molar-refractivity contribution >= 4 is 11.9 Å². The van der Waals surface area contributed by atoms with Crippen LogP contribution >= 0.6 is 0 Å². The minimum absolute atomic E-state index is 0.0874. The molecule has 1 saturated carbocycles. The first-order valence-corrected chi connectivity index (χ1v) is 7.77.